The van der Waals surface area contributed by atoms with E-state index >= 15 is 0 Å². The number of rotatable bonds is 6. The number of pyridine rings is 1. The first-order chi connectivity index (χ1) is 12.7. The van der Waals surface area contributed by atoms with Gasteiger partial charge in [-0.05, 0) is 24.3 Å². The van der Waals surface area contributed by atoms with E-state index in [0.29, 0.717) is 17.7 Å². The second kappa shape index (κ2) is 8.71. The molecule has 0 aliphatic carbocycles. The molecule has 0 spiro atoms. The fourth-order valence-electron chi connectivity index (χ4n) is 3.08. The largest absolute Gasteiger partial charge is 0.399 e. The van der Waals surface area contributed by atoms with Crippen LogP contribution in [0.1, 0.15) is 12.0 Å². The Balaban J connectivity index is 1.56. The highest BCUT2D eigenvalue weighted by Gasteiger charge is 2.18. The molecule has 0 saturated carbocycles. The number of benzene rings is 1. The number of hydrogen-bond acceptors (Lipinski definition) is 5. The molecule has 138 valence electrons. The number of aromatic nitrogens is 1. The van der Waals surface area contributed by atoms with Crippen LogP contribution in [0.3, 0.4) is 0 Å². The normalized spacial score (nSPS) is 16.0. The Bertz CT molecular complexity index is 726. The lowest BCUT2D eigenvalue weighted by atomic mass is 10.1. The van der Waals surface area contributed by atoms with Crippen LogP contribution < -0.4 is 4.90 Å². The first kappa shape index (κ1) is 18.3. The van der Waals surface area contributed by atoms with E-state index in [-0.39, 0.29) is 0 Å². The van der Waals surface area contributed by atoms with E-state index in [1.54, 1.807) is 6.20 Å². The molecule has 0 radical (unpaired) electrons. The van der Waals surface area contributed by atoms with Gasteiger partial charge in [-0.25, -0.2) is 13.8 Å². The van der Waals surface area contributed by atoms with Crippen molar-refractivity contribution in [3.8, 4) is 0 Å². The molecule has 1 aliphatic rings. The zero-order chi connectivity index (χ0) is 18.4. The van der Waals surface area contributed by atoms with Crippen molar-refractivity contribution >= 4 is 11.5 Å². The van der Waals surface area contributed by atoms with Gasteiger partial charge in [0.05, 0.1) is 5.71 Å². The molecule has 2 heterocycles. The Kier molecular flexibility index (Phi) is 6.12. The molecule has 0 atom stereocenters. The predicted molar refractivity (Wildman–Crippen MR) is 97.4 cm³/mol. The van der Waals surface area contributed by atoms with Crippen LogP contribution in [-0.4, -0.2) is 55.4 Å². The quantitative estimate of drug-likeness (QED) is 0.587. The van der Waals surface area contributed by atoms with Gasteiger partial charge in [-0.1, -0.05) is 11.2 Å². The van der Waals surface area contributed by atoms with Crippen molar-refractivity contribution in [1.29, 1.82) is 0 Å². The van der Waals surface area contributed by atoms with E-state index in [0.717, 1.165) is 44.6 Å². The number of halogens is 2. The van der Waals surface area contributed by atoms with Gasteiger partial charge in [0.15, 0.2) is 0 Å². The highest BCUT2D eigenvalue weighted by Crippen LogP contribution is 2.15. The van der Waals surface area contributed by atoms with Crippen LogP contribution in [0, 0.1) is 11.6 Å². The van der Waals surface area contributed by atoms with Crippen LogP contribution in [0.5, 0.6) is 0 Å². The SMILES string of the molecule is CON=C(CCN1CCN(c2ccccn2)CC1)c1cc(F)cc(F)c1. The summed E-state index contributed by atoms with van der Waals surface area (Å²) in [7, 11) is 1.43. The molecule has 7 heteroatoms. The lowest BCUT2D eigenvalue weighted by Gasteiger charge is -2.35. The fourth-order valence-corrected chi connectivity index (χ4v) is 3.08. The highest BCUT2D eigenvalue weighted by molar-refractivity contribution is 6.00. The molecule has 1 aliphatic heterocycles. The zero-order valence-corrected chi connectivity index (χ0v) is 14.7. The van der Waals surface area contributed by atoms with Gasteiger partial charge < -0.3 is 9.74 Å². The molecular formula is C19H22F2N4O. The minimum absolute atomic E-state index is 0.413. The minimum atomic E-state index is -0.618. The van der Waals surface area contributed by atoms with Crippen LogP contribution in [0.4, 0.5) is 14.6 Å². The Morgan fingerprint density at radius 1 is 1.12 bits per heavy atom. The van der Waals surface area contributed by atoms with Crippen LogP contribution in [-0.2, 0) is 4.84 Å². The van der Waals surface area contributed by atoms with Gasteiger partial charge in [-0.15, -0.1) is 0 Å². The average Bonchev–Trinajstić information content (AvgIpc) is 2.65. The molecule has 1 aromatic heterocycles. The monoisotopic (exact) mass is 360 g/mol. The van der Waals surface area contributed by atoms with Crippen LogP contribution >= 0.6 is 0 Å². The second-order valence-corrected chi connectivity index (χ2v) is 6.15. The summed E-state index contributed by atoms with van der Waals surface area (Å²) in [5, 5.41) is 3.96. The van der Waals surface area contributed by atoms with Crippen molar-refractivity contribution in [2.45, 2.75) is 6.42 Å². The molecule has 1 fully saturated rings. The summed E-state index contributed by atoms with van der Waals surface area (Å²) >= 11 is 0. The molecule has 1 saturated heterocycles. The standard InChI is InChI=1S/C19H22F2N4O/c1-26-23-18(15-12-16(20)14-17(21)13-15)5-7-24-8-10-25(11-9-24)19-4-2-3-6-22-19/h2-4,6,12-14H,5,7-11H2,1H3. The number of hydrogen-bond donors (Lipinski definition) is 0. The number of piperazine rings is 1. The van der Waals surface area contributed by atoms with Gasteiger partial charge in [0.2, 0.25) is 0 Å². The Morgan fingerprint density at radius 2 is 1.85 bits per heavy atom. The Labute approximate surface area is 151 Å². The molecule has 26 heavy (non-hydrogen) atoms. The maximum Gasteiger partial charge on any atom is 0.128 e. The molecule has 0 amide bonds. The van der Waals surface area contributed by atoms with Gasteiger partial charge in [0, 0.05) is 57.0 Å². The Hall–Kier alpha value is -2.54. The third-order valence-corrected chi connectivity index (χ3v) is 4.41. The van der Waals surface area contributed by atoms with Gasteiger partial charge in [0.1, 0.15) is 24.6 Å². The lowest BCUT2D eigenvalue weighted by Crippen LogP contribution is -2.47. The summed E-state index contributed by atoms with van der Waals surface area (Å²) in [6, 6.07) is 9.31. The van der Waals surface area contributed by atoms with E-state index < -0.39 is 11.6 Å². The van der Waals surface area contributed by atoms with Crippen molar-refractivity contribution in [2.75, 3.05) is 44.7 Å². The van der Waals surface area contributed by atoms with E-state index in [1.165, 1.54) is 19.2 Å². The van der Waals surface area contributed by atoms with Crippen LogP contribution in [0.25, 0.3) is 0 Å². The van der Waals surface area contributed by atoms with Crippen molar-refractivity contribution in [2.24, 2.45) is 5.16 Å². The molecule has 1 aromatic carbocycles. The first-order valence-electron chi connectivity index (χ1n) is 8.60. The minimum Gasteiger partial charge on any atom is -0.399 e. The summed E-state index contributed by atoms with van der Waals surface area (Å²) in [5.41, 5.74) is 0.953. The second-order valence-electron chi connectivity index (χ2n) is 6.15. The van der Waals surface area contributed by atoms with Crippen molar-refractivity contribution in [3.63, 3.8) is 0 Å². The maximum atomic E-state index is 13.5. The fraction of sp³-hybridized carbons (Fsp3) is 0.368. The summed E-state index contributed by atoms with van der Waals surface area (Å²) in [6.45, 7) is 4.32. The van der Waals surface area contributed by atoms with Crippen LogP contribution in [0.2, 0.25) is 0 Å². The summed E-state index contributed by atoms with van der Waals surface area (Å²) in [4.78, 5) is 13.8. The molecule has 0 N–H and O–H groups in total. The Morgan fingerprint density at radius 3 is 2.46 bits per heavy atom. The summed E-state index contributed by atoms with van der Waals surface area (Å²) in [5.74, 6) is -0.246. The zero-order valence-electron chi connectivity index (χ0n) is 14.7. The lowest BCUT2D eigenvalue weighted by molar-refractivity contribution is 0.211. The van der Waals surface area contributed by atoms with Crippen molar-refractivity contribution in [3.05, 3.63) is 59.8 Å². The van der Waals surface area contributed by atoms with Crippen molar-refractivity contribution in [1.82, 2.24) is 9.88 Å². The number of oxime groups is 1. The first-order valence-corrected chi connectivity index (χ1v) is 8.60. The third kappa shape index (κ3) is 4.76. The smallest absolute Gasteiger partial charge is 0.128 e. The highest BCUT2D eigenvalue weighted by atomic mass is 19.1. The van der Waals surface area contributed by atoms with Crippen LogP contribution in [0.15, 0.2) is 47.8 Å². The van der Waals surface area contributed by atoms with Gasteiger partial charge in [-0.3, -0.25) is 4.90 Å². The molecule has 5 nitrogen and oxygen atoms in total. The maximum absolute atomic E-state index is 13.5. The van der Waals surface area contributed by atoms with Gasteiger partial charge in [-0.2, -0.15) is 0 Å². The number of nitrogens with zero attached hydrogens (tertiary/aromatic N) is 4. The van der Waals surface area contributed by atoms with Crippen molar-refractivity contribution < 1.29 is 13.6 Å². The number of anilines is 1. The molecule has 0 bridgehead atoms. The molecule has 2 aromatic rings. The molecule has 3 rings (SSSR count). The molecule has 0 unspecified atom stereocenters. The van der Waals surface area contributed by atoms with E-state index in [2.05, 4.69) is 19.9 Å². The van der Waals surface area contributed by atoms with Gasteiger partial charge >= 0.3 is 0 Å². The third-order valence-electron chi connectivity index (χ3n) is 4.41. The van der Waals surface area contributed by atoms with Gasteiger partial charge in [0.25, 0.3) is 0 Å². The summed E-state index contributed by atoms with van der Waals surface area (Å²) < 4.78 is 26.9. The van der Waals surface area contributed by atoms with E-state index in [9.17, 15) is 8.78 Å². The summed E-state index contributed by atoms with van der Waals surface area (Å²) in [6.07, 6.45) is 2.35. The average molecular weight is 360 g/mol. The molecular weight excluding hydrogens is 338 g/mol. The predicted octanol–water partition coefficient (Wildman–Crippen LogP) is 2.92. The van der Waals surface area contributed by atoms with E-state index in [1.807, 2.05) is 18.2 Å². The topological polar surface area (TPSA) is 41.0 Å². The van der Waals surface area contributed by atoms with E-state index in [4.69, 9.17) is 4.84 Å².